The van der Waals surface area contributed by atoms with Crippen LogP contribution in [-0.2, 0) is 0 Å². The summed E-state index contributed by atoms with van der Waals surface area (Å²) < 4.78 is 5.04. The number of aromatic nitrogens is 1. The van der Waals surface area contributed by atoms with Gasteiger partial charge in [0.1, 0.15) is 17.2 Å². The van der Waals surface area contributed by atoms with Gasteiger partial charge in [-0.05, 0) is 12.1 Å². The van der Waals surface area contributed by atoms with Crippen molar-refractivity contribution >= 4 is 16.8 Å². The highest BCUT2D eigenvalue weighted by atomic mass is 16.5. The van der Waals surface area contributed by atoms with Gasteiger partial charge in [-0.1, -0.05) is 0 Å². The lowest BCUT2D eigenvalue weighted by Crippen LogP contribution is -2.30. The average molecular weight is 233 g/mol. The predicted octanol–water partition coefficient (Wildman–Crippen LogP) is 0.552. The molecule has 88 valence electrons. The molecular formula is C11H11N3O3. The van der Waals surface area contributed by atoms with Crippen LogP contribution >= 0.6 is 0 Å². The Labute approximate surface area is 97.0 Å². The number of nitrogens with zero attached hydrogens (tertiary/aromatic N) is 1. The molecule has 1 heterocycles. The summed E-state index contributed by atoms with van der Waals surface area (Å²) in [6.07, 6.45) is 0. The standard InChI is InChI=1S/C11H11N3O3/c1-17-6-2-3-7-8(4-6)13-9(5-10(7)15)11(16)14-12/h2-5H,12H2,1H3,(H,13,15)(H,14,16). The highest BCUT2D eigenvalue weighted by Crippen LogP contribution is 2.27. The van der Waals surface area contributed by atoms with Crippen LogP contribution in [-0.4, -0.2) is 23.1 Å². The molecule has 2 aromatic rings. The van der Waals surface area contributed by atoms with Crippen molar-refractivity contribution < 1.29 is 14.6 Å². The summed E-state index contributed by atoms with van der Waals surface area (Å²) in [7, 11) is 1.53. The SMILES string of the molecule is COc1ccc2c(O)cc(C(=O)NN)nc2c1. The topological polar surface area (TPSA) is 97.5 Å². The van der Waals surface area contributed by atoms with Crippen LogP contribution in [0.4, 0.5) is 0 Å². The number of nitrogens with two attached hydrogens (primary N) is 1. The summed E-state index contributed by atoms with van der Waals surface area (Å²) in [6, 6.07) is 6.26. The number of hydrazine groups is 1. The zero-order valence-electron chi connectivity index (χ0n) is 9.10. The Kier molecular flexibility index (Phi) is 2.80. The number of rotatable bonds is 2. The first-order chi connectivity index (χ1) is 8.15. The molecule has 0 bridgehead atoms. The van der Waals surface area contributed by atoms with Crippen molar-refractivity contribution in [1.29, 1.82) is 0 Å². The van der Waals surface area contributed by atoms with E-state index in [4.69, 9.17) is 10.6 Å². The van der Waals surface area contributed by atoms with Gasteiger partial charge in [-0.15, -0.1) is 0 Å². The zero-order chi connectivity index (χ0) is 12.4. The number of nitrogen functional groups attached to an aromatic ring is 1. The van der Waals surface area contributed by atoms with Gasteiger partial charge in [0.05, 0.1) is 12.6 Å². The second kappa shape index (κ2) is 4.26. The Morgan fingerprint density at radius 3 is 2.88 bits per heavy atom. The van der Waals surface area contributed by atoms with E-state index in [1.165, 1.54) is 13.2 Å². The van der Waals surface area contributed by atoms with Crippen LogP contribution in [0.2, 0.25) is 0 Å². The number of hydrogen-bond acceptors (Lipinski definition) is 5. The third-order valence-corrected chi connectivity index (χ3v) is 2.36. The molecule has 17 heavy (non-hydrogen) atoms. The van der Waals surface area contributed by atoms with Crippen LogP contribution in [0, 0.1) is 0 Å². The number of aromatic hydroxyl groups is 1. The number of ether oxygens (including phenoxy) is 1. The Morgan fingerprint density at radius 2 is 2.24 bits per heavy atom. The van der Waals surface area contributed by atoms with Crippen molar-refractivity contribution in [2.24, 2.45) is 5.84 Å². The smallest absolute Gasteiger partial charge is 0.283 e. The van der Waals surface area contributed by atoms with Gasteiger partial charge in [0, 0.05) is 17.5 Å². The first kappa shape index (κ1) is 11.2. The van der Waals surface area contributed by atoms with E-state index in [0.717, 1.165) is 0 Å². The van der Waals surface area contributed by atoms with Gasteiger partial charge in [0.15, 0.2) is 0 Å². The molecular weight excluding hydrogens is 222 g/mol. The van der Waals surface area contributed by atoms with E-state index < -0.39 is 5.91 Å². The minimum absolute atomic E-state index is 0.0312. The van der Waals surface area contributed by atoms with Crippen LogP contribution in [0.15, 0.2) is 24.3 Å². The van der Waals surface area contributed by atoms with Gasteiger partial charge < -0.3 is 9.84 Å². The summed E-state index contributed by atoms with van der Waals surface area (Å²) in [5.41, 5.74) is 2.47. The molecule has 0 aliphatic heterocycles. The van der Waals surface area contributed by atoms with Crippen molar-refractivity contribution in [1.82, 2.24) is 10.4 Å². The molecule has 0 aliphatic rings. The molecule has 0 unspecified atom stereocenters. The maximum absolute atomic E-state index is 11.3. The lowest BCUT2D eigenvalue weighted by molar-refractivity contribution is 0.0948. The van der Waals surface area contributed by atoms with Crippen molar-refractivity contribution in [2.45, 2.75) is 0 Å². The fourth-order valence-electron chi connectivity index (χ4n) is 1.51. The van der Waals surface area contributed by atoms with Crippen LogP contribution in [0.25, 0.3) is 10.9 Å². The quantitative estimate of drug-likeness (QED) is 0.400. The molecule has 1 aromatic heterocycles. The fourth-order valence-corrected chi connectivity index (χ4v) is 1.51. The van der Waals surface area contributed by atoms with Gasteiger partial charge in [-0.2, -0.15) is 0 Å². The lowest BCUT2D eigenvalue weighted by Gasteiger charge is -2.06. The van der Waals surface area contributed by atoms with Gasteiger partial charge in [-0.3, -0.25) is 10.2 Å². The second-order valence-electron chi connectivity index (χ2n) is 3.38. The average Bonchev–Trinajstić information content (AvgIpc) is 2.36. The Balaban J connectivity index is 2.65. The third-order valence-electron chi connectivity index (χ3n) is 2.36. The number of carbonyl (C=O) groups excluding carboxylic acids is 1. The van der Waals surface area contributed by atoms with E-state index in [0.29, 0.717) is 16.7 Å². The number of pyridine rings is 1. The summed E-state index contributed by atoms with van der Waals surface area (Å²) in [5.74, 6) is 5.00. The zero-order valence-corrected chi connectivity index (χ0v) is 9.10. The fraction of sp³-hybridized carbons (Fsp3) is 0.0909. The molecule has 0 saturated carbocycles. The Morgan fingerprint density at radius 1 is 1.47 bits per heavy atom. The number of carbonyl (C=O) groups is 1. The van der Waals surface area contributed by atoms with Gasteiger partial charge in [0.2, 0.25) is 0 Å². The molecule has 0 fully saturated rings. The van der Waals surface area contributed by atoms with Gasteiger partial charge in [-0.25, -0.2) is 10.8 Å². The van der Waals surface area contributed by atoms with Gasteiger partial charge in [0.25, 0.3) is 5.91 Å². The summed E-state index contributed by atoms with van der Waals surface area (Å²) >= 11 is 0. The van der Waals surface area contributed by atoms with Crippen LogP contribution in [0.5, 0.6) is 11.5 Å². The Bertz CT molecular complexity index is 583. The van der Waals surface area contributed by atoms with Crippen molar-refractivity contribution in [3.8, 4) is 11.5 Å². The van der Waals surface area contributed by atoms with Crippen molar-refractivity contribution in [3.63, 3.8) is 0 Å². The molecule has 0 radical (unpaired) electrons. The number of methoxy groups -OCH3 is 1. The van der Waals surface area contributed by atoms with E-state index in [1.807, 2.05) is 5.43 Å². The maximum Gasteiger partial charge on any atom is 0.283 e. The molecule has 0 aliphatic carbocycles. The van der Waals surface area contributed by atoms with E-state index in [9.17, 15) is 9.90 Å². The molecule has 6 heteroatoms. The molecule has 0 atom stereocenters. The molecule has 0 saturated heterocycles. The largest absolute Gasteiger partial charge is 0.507 e. The van der Waals surface area contributed by atoms with Crippen LogP contribution in [0.1, 0.15) is 10.5 Å². The molecule has 6 nitrogen and oxygen atoms in total. The van der Waals surface area contributed by atoms with E-state index in [-0.39, 0.29) is 11.4 Å². The van der Waals surface area contributed by atoms with Crippen molar-refractivity contribution in [2.75, 3.05) is 7.11 Å². The first-order valence-electron chi connectivity index (χ1n) is 4.84. The highest BCUT2D eigenvalue weighted by Gasteiger charge is 2.11. The maximum atomic E-state index is 11.3. The number of hydrogen-bond donors (Lipinski definition) is 3. The third kappa shape index (κ3) is 1.98. The van der Waals surface area contributed by atoms with E-state index in [1.54, 1.807) is 18.2 Å². The Hall–Kier alpha value is -2.34. The van der Waals surface area contributed by atoms with Crippen molar-refractivity contribution in [3.05, 3.63) is 30.0 Å². The lowest BCUT2D eigenvalue weighted by atomic mass is 10.1. The summed E-state index contributed by atoms with van der Waals surface area (Å²) in [6.45, 7) is 0. The number of amides is 1. The summed E-state index contributed by atoms with van der Waals surface area (Å²) in [4.78, 5) is 15.4. The number of fused-ring (bicyclic) bond motifs is 1. The second-order valence-corrected chi connectivity index (χ2v) is 3.38. The monoisotopic (exact) mass is 233 g/mol. The van der Waals surface area contributed by atoms with Crippen LogP contribution in [0.3, 0.4) is 0 Å². The van der Waals surface area contributed by atoms with Gasteiger partial charge >= 0.3 is 0 Å². The number of benzene rings is 1. The highest BCUT2D eigenvalue weighted by molar-refractivity contribution is 5.96. The molecule has 0 spiro atoms. The van der Waals surface area contributed by atoms with E-state index >= 15 is 0 Å². The van der Waals surface area contributed by atoms with Crippen LogP contribution < -0.4 is 16.0 Å². The molecule has 1 aromatic carbocycles. The van der Waals surface area contributed by atoms with E-state index in [2.05, 4.69) is 4.98 Å². The minimum Gasteiger partial charge on any atom is -0.507 e. The molecule has 2 rings (SSSR count). The molecule has 1 amide bonds. The number of nitrogens with one attached hydrogen (secondary N) is 1. The molecule has 4 N–H and O–H groups in total. The first-order valence-corrected chi connectivity index (χ1v) is 4.84. The summed E-state index contributed by atoms with van der Waals surface area (Å²) in [5, 5.41) is 10.3. The normalized spacial score (nSPS) is 10.2. The predicted molar refractivity (Wildman–Crippen MR) is 61.6 cm³/mol. The minimum atomic E-state index is -0.565.